The van der Waals surface area contributed by atoms with Crippen LogP contribution in [0.15, 0.2) is 24.3 Å². The van der Waals surface area contributed by atoms with Crippen molar-refractivity contribution in [1.29, 1.82) is 0 Å². The Hall–Kier alpha value is -2.30. The Balaban J connectivity index is 0. The lowest BCUT2D eigenvalue weighted by Crippen LogP contribution is -2.64. The highest BCUT2D eigenvalue weighted by atomic mass is 35.5. The smallest absolute Gasteiger partial charge is 0.338 e. The normalized spacial score (nSPS) is 34.6. The monoisotopic (exact) mass is 626 g/mol. The standard InChI is InChI=1S/C10H15NO8.C6H13NO5.C4H2O3.2ClH/c12-3-4-8(16)9(17)7(10(18)19-4)11-5(13)1-2-6(14)15;7-3-5(10)4(9)2(1-8)12-6(3)11;5-3-1-2-4(6)7-3;;/h1-2,4,7-10,12,16-18H,3H2,(H,11,13)(H,14,15);2-6,8-11H,1,7H2;1-2H;2*1H/b2-1-;;;;. The molecule has 40 heavy (non-hydrogen) atoms. The third kappa shape index (κ3) is 12.1. The Bertz CT molecular complexity index is 872. The summed E-state index contributed by atoms with van der Waals surface area (Å²) in [5.41, 5.74) is 5.26. The van der Waals surface area contributed by atoms with E-state index in [9.17, 15) is 44.7 Å². The van der Waals surface area contributed by atoms with Crippen molar-refractivity contribution in [2.75, 3.05) is 13.2 Å². The molecule has 0 aliphatic carbocycles. The molecule has 18 nitrogen and oxygen atoms in total. The Morgan fingerprint density at radius 3 is 1.65 bits per heavy atom. The fraction of sp³-hybridized carbons (Fsp3) is 0.600. The van der Waals surface area contributed by atoms with E-state index in [1.165, 1.54) is 0 Å². The van der Waals surface area contributed by atoms with Gasteiger partial charge in [-0.3, -0.25) is 4.79 Å². The molecule has 2 fully saturated rings. The number of nitrogens with two attached hydrogens (primary N) is 1. The number of aliphatic hydroxyl groups excluding tert-OH is 8. The summed E-state index contributed by atoms with van der Waals surface area (Å²) in [5, 5.41) is 84.1. The van der Waals surface area contributed by atoms with E-state index in [0.717, 1.165) is 12.2 Å². The number of nitrogens with one attached hydrogen (secondary N) is 1. The van der Waals surface area contributed by atoms with E-state index in [1.807, 2.05) is 0 Å². The van der Waals surface area contributed by atoms with Crippen molar-refractivity contribution in [3.8, 4) is 0 Å². The third-order valence-corrected chi connectivity index (χ3v) is 5.09. The highest BCUT2D eigenvalue weighted by molar-refractivity contribution is 6.04. The van der Waals surface area contributed by atoms with Crippen LogP contribution in [0.5, 0.6) is 0 Å². The zero-order valence-electron chi connectivity index (χ0n) is 20.3. The van der Waals surface area contributed by atoms with E-state index >= 15 is 0 Å². The molecule has 0 bridgehead atoms. The van der Waals surface area contributed by atoms with Crippen molar-refractivity contribution in [2.24, 2.45) is 5.73 Å². The molecule has 10 unspecified atom stereocenters. The summed E-state index contributed by atoms with van der Waals surface area (Å²) in [4.78, 5) is 41.3. The largest absolute Gasteiger partial charge is 0.478 e. The molecule has 10 atom stereocenters. The van der Waals surface area contributed by atoms with Gasteiger partial charge < -0.3 is 71.2 Å². The summed E-state index contributed by atoms with van der Waals surface area (Å²) >= 11 is 0. The number of rotatable bonds is 5. The van der Waals surface area contributed by atoms with Crippen molar-refractivity contribution < 1.29 is 79.3 Å². The van der Waals surface area contributed by atoms with Gasteiger partial charge in [0.15, 0.2) is 12.6 Å². The molecule has 3 heterocycles. The first-order valence-corrected chi connectivity index (χ1v) is 10.7. The predicted molar refractivity (Wildman–Crippen MR) is 131 cm³/mol. The molecule has 2 saturated heterocycles. The molecule has 0 aromatic rings. The summed E-state index contributed by atoms with van der Waals surface area (Å²) in [7, 11) is 0. The average molecular weight is 627 g/mol. The van der Waals surface area contributed by atoms with Crippen molar-refractivity contribution in [2.45, 2.75) is 61.3 Å². The molecular formula is C20H32Cl2N2O16. The minimum Gasteiger partial charge on any atom is -0.478 e. The molecular weight excluding hydrogens is 595 g/mol. The summed E-state index contributed by atoms with van der Waals surface area (Å²) in [6.07, 6.45) is -7.30. The number of cyclic esters (lactones) is 2. The van der Waals surface area contributed by atoms with E-state index in [0.29, 0.717) is 12.2 Å². The Morgan fingerprint density at radius 1 is 0.800 bits per heavy atom. The van der Waals surface area contributed by atoms with Gasteiger partial charge in [-0.05, 0) is 0 Å². The summed E-state index contributed by atoms with van der Waals surface area (Å²) in [6, 6.07) is -2.38. The SMILES string of the molecule is Cl.Cl.NC1C(O)OC(CO)C(O)C1O.O=C(O)/C=C\C(=O)NC1C(O)OC(CO)C(O)C1O.O=C1C=CC(=O)O1. The zero-order valence-corrected chi connectivity index (χ0v) is 21.9. The van der Waals surface area contributed by atoms with Crippen LogP contribution in [0.3, 0.4) is 0 Å². The number of ether oxygens (including phenoxy) is 3. The van der Waals surface area contributed by atoms with Gasteiger partial charge >= 0.3 is 17.9 Å². The molecule has 0 aromatic carbocycles. The maximum Gasteiger partial charge on any atom is 0.338 e. The topological polar surface area (TPSA) is 316 Å². The van der Waals surface area contributed by atoms with Crippen molar-refractivity contribution >= 4 is 48.6 Å². The number of hydrogen-bond donors (Lipinski definition) is 11. The molecule has 3 aliphatic heterocycles. The van der Waals surface area contributed by atoms with Crippen LogP contribution in [0, 0.1) is 0 Å². The van der Waals surface area contributed by atoms with Crippen LogP contribution in [-0.4, -0.2) is 144 Å². The number of carbonyl (C=O) groups is 4. The van der Waals surface area contributed by atoms with Gasteiger partial charge in [-0.15, -0.1) is 24.8 Å². The van der Waals surface area contributed by atoms with Gasteiger partial charge in [-0.25, -0.2) is 14.4 Å². The Kier molecular flexibility index (Phi) is 18.9. The maximum absolute atomic E-state index is 11.3. The van der Waals surface area contributed by atoms with E-state index in [4.69, 9.17) is 35.6 Å². The van der Waals surface area contributed by atoms with Crippen LogP contribution < -0.4 is 11.1 Å². The molecule has 3 rings (SSSR count). The molecule has 20 heteroatoms. The van der Waals surface area contributed by atoms with Crippen LogP contribution in [0.25, 0.3) is 0 Å². The number of amides is 1. The minimum absolute atomic E-state index is 0. The van der Waals surface area contributed by atoms with Gasteiger partial charge in [0.05, 0.1) is 19.3 Å². The fourth-order valence-corrected chi connectivity index (χ4v) is 3.03. The second kappa shape index (κ2) is 18.9. The number of esters is 2. The summed E-state index contributed by atoms with van der Waals surface area (Å²) in [5.74, 6) is -3.38. The van der Waals surface area contributed by atoms with E-state index in [1.54, 1.807) is 0 Å². The number of carboxylic acid groups (broad SMARTS) is 1. The van der Waals surface area contributed by atoms with Crippen LogP contribution >= 0.6 is 24.8 Å². The van der Waals surface area contributed by atoms with Crippen molar-refractivity contribution in [1.82, 2.24) is 5.32 Å². The molecule has 1 amide bonds. The number of carboxylic acids is 1. The fourth-order valence-electron chi connectivity index (χ4n) is 3.03. The number of aliphatic carboxylic acids is 1. The van der Waals surface area contributed by atoms with Gasteiger partial charge in [0.25, 0.3) is 0 Å². The first-order valence-electron chi connectivity index (χ1n) is 10.7. The van der Waals surface area contributed by atoms with Gasteiger partial charge in [0, 0.05) is 24.3 Å². The van der Waals surface area contributed by atoms with E-state index in [-0.39, 0.29) is 24.8 Å². The number of aliphatic hydroxyl groups is 8. The van der Waals surface area contributed by atoms with Gasteiger partial charge in [-0.2, -0.15) is 0 Å². The van der Waals surface area contributed by atoms with Crippen LogP contribution in [0.4, 0.5) is 0 Å². The summed E-state index contributed by atoms with van der Waals surface area (Å²) in [6.45, 7) is -1.09. The van der Waals surface area contributed by atoms with Gasteiger partial charge in [0.1, 0.15) is 42.7 Å². The number of halogens is 2. The second-order valence-electron chi connectivity index (χ2n) is 7.81. The van der Waals surface area contributed by atoms with Crippen molar-refractivity contribution in [3.05, 3.63) is 24.3 Å². The number of hydrogen-bond acceptors (Lipinski definition) is 16. The quantitative estimate of drug-likeness (QED) is 0.0767. The predicted octanol–water partition coefficient (Wildman–Crippen LogP) is -6.24. The third-order valence-electron chi connectivity index (χ3n) is 5.09. The first kappa shape index (κ1) is 39.8. The highest BCUT2D eigenvalue weighted by Crippen LogP contribution is 2.20. The Labute approximate surface area is 238 Å². The second-order valence-corrected chi connectivity index (χ2v) is 7.81. The molecule has 3 aliphatic rings. The minimum atomic E-state index is -1.64. The lowest BCUT2D eigenvalue weighted by molar-refractivity contribution is -0.253. The number of carbonyl (C=O) groups excluding carboxylic acids is 3. The lowest BCUT2D eigenvalue weighted by atomic mass is 9.97. The maximum atomic E-state index is 11.3. The average Bonchev–Trinajstić information content (AvgIpc) is 3.26. The van der Waals surface area contributed by atoms with Crippen LogP contribution in [0.1, 0.15) is 0 Å². The van der Waals surface area contributed by atoms with E-state index < -0.39 is 98.3 Å². The van der Waals surface area contributed by atoms with Crippen LogP contribution in [-0.2, 0) is 33.4 Å². The molecule has 12 N–H and O–H groups in total. The molecule has 0 saturated carbocycles. The van der Waals surface area contributed by atoms with Crippen LogP contribution in [0.2, 0.25) is 0 Å². The zero-order chi connectivity index (χ0) is 29.2. The lowest BCUT2D eigenvalue weighted by Gasteiger charge is -2.40. The first-order chi connectivity index (χ1) is 17.7. The van der Waals surface area contributed by atoms with E-state index in [2.05, 4.69) is 10.1 Å². The van der Waals surface area contributed by atoms with Gasteiger partial charge in [0.2, 0.25) is 5.91 Å². The molecule has 0 spiro atoms. The summed E-state index contributed by atoms with van der Waals surface area (Å²) < 4.78 is 13.5. The molecule has 0 aromatic heterocycles. The molecule has 0 radical (unpaired) electrons. The van der Waals surface area contributed by atoms with Gasteiger partial charge in [-0.1, -0.05) is 0 Å². The Morgan fingerprint density at radius 2 is 1.25 bits per heavy atom. The molecule has 232 valence electrons. The highest BCUT2D eigenvalue weighted by Gasteiger charge is 2.44. The van der Waals surface area contributed by atoms with Crippen molar-refractivity contribution in [3.63, 3.8) is 0 Å².